The Morgan fingerprint density at radius 1 is 0.300 bits per heavy atom. The van der Waals surface area contributed by atoms with Crippen LogP contribution in [0.5, 0.6) is 0 Å². The van der Waals surface area contributed by atoms with E-state index in [1.54, 1.807) is 0 Å². The summed E-state index contributed by atoms with van der Waals surface area (Å²) in [5.41, 5.74) is 18.3. The number of aromatic nitrogens is 6. The van der Waals surface area contributed by atoms with Crippen LogP contribution < -0.4 is 0 Å². The number of hydrogen-bond acceptors (Lipinski definition) is 4. The van der Waals surface area contributed by atoms with Crippen molar-refractivity contribution in [3.8, 4) is 78.9 Å². The Balaban J connectivity index is 1.09. The van der Waals surface area contributed by atoms with E-state index in [4.69, 9.17) is 19.9 Å². The van der Waals surface area contributed by atoms with Crippen LogP contribution in [0.4, 0.5) is 0 Å². The topological polar surface area (TPSA) is 61.4 Å². The van der Waals surface area contributed by atoms with Crippen molar-refractivity contribution in [3.05, 3.63) is 242 Å². The Kier molecular flexibility index (Phi) is 9.84. The van der Waals surface area contributed by atoms with Gasteiger partial charge in [0.25, 0.3) is 0 Å². The third-order valence-electron chi connectivity index (χ3n) is 13.6. The molecule has 6 nitrogen and oxygen atoms in total. The van der Waals surface area contributed by atoms with Crippen LogP contribution >= 0.6 is 0 Å². The largest absolute Gasteiger partial charge is 0.309 e. The van der Waals surface area contributed by atoms with Crippen LogP contribution in [0.1, 0.15) is 11.1 Å². The summed E-state index contributed by atoms with van der Waals surface area (Å²) in [5, 5.41) is 4.73. The van der Waals surface area contributed by atoms with E-state index in [0.717, 1.165) is 61.3 Å². The molecule has 0 aliphatic carbocycles. The first-order chi connectivity index (χ1) is 34.5. The van der Waals surface area contributed by atoms with E-state index in [1.807, 2.05) is 73.1 Å². The first-order valence-electron chi connectivity index (χ1n) is 23.7. The van der Waals surface area contributed by atoms with Gasteiger partial charge in [0, 0.05) is 61.8 Å². The molecule has 0 atom stereocenters. The molecular formula is C64H44N6. The van der Waals surface area contributed by atoms with Crippen molar-refractivity contribution in [2.45, 2.75) is 13.8 Å². The minimum absolute atomic E-state index is 0.580. The smallest absolute Gasteiger partial charge is 0.164 e. The number of nitrogens with zero attached hydrogens (tertiary/aromatic N) is 6. The zero-order valence-corrected chi connectivity index (χ0v) is 38.6. The number of benzene rings is 9. The number of para-hydroxylation sites is 2. The van der Waals surface area contributed by atoms with Crippen LogP contribution in [0.15, 0.2) is 231 Å². The van der Waals surface area contributed by atoms with Crippen LogP contribution in [0.25, 0.3) is 123 Å². The van der Waals surface area contributed by atoms with Gasteiger partial charge in [0.1, 0.15) is 0 Å². The summed E-state index contributed by atoms with van der Waals surface area (Å²) in [7, 11) is 0. The minimum atomic E-state index is 0.580. The molecule has 0 amide bonds. The molecule has 0 unspecified atom stereocenters. The normalized spacial score (nSPS) is 11.6. The summed E-state index contributed by atoms with van der Waals surface area (Å²) in [4.78, 5) is 20.4. The first-order valence-corrected chi connectivity index (χ1v) is 23.7. The van der Waals surface area contributed by atoms with E-state index < -0.39 is 0 Å². The van der Waals surface area contributed by atoms with Crippen LogP contribution in [0.2, 0.25) is 0 Å². The summed E-state index contributed by atoms with van der Waals surface area (Å²) in [6.07, 6.45) is 3.92. The molecule has 6 heteroatoms. The highest BCUT2D eigenvalue weighted by Crippen LogP contribution is 2.43. The second-order valence-corrected chi connectivity index (χ2v) is 18.1. The maximum atomic E-state index is 5.21. The quantitative estimate of drug-likeness (QED) is 0.152. The summed E-state index contributed by atoms with van der Waals surface area (Å²) >= 11 is 0. The fourth-order valence-corrected chi connectivity index (χ4v) is 10.3. The van der Waals surface area contributed by atoms with Crippen LogP contribution in [-0.4, -0.2) is 29.1 Å². The summed E-state index contributed by atoms with van der Waals surface area (Å²) < 4.78 is 4.82. The lowest BCUT2D eigenvalue weighted by Crippen LogP contribution is -2.04. The van der Waals surface area contributed by atoms with Crippen LogP contribution in [0, 0.1) is 13.8 Å². The standard InChI is InChI=1S/C64H44N6/c1-41-15-13-21-45(35-41)47-27-30-58-52(37-47)50-23-9-11-25-56(50)69(58)60-32-29-49(64-67-62(43-17-5-3-6-18-43)66-63(68-64)44-19-7-4-8-20-44)39-54(60)55-40-65-34-33-61(55)70-57-26-12-10-24-51(57)53-38-48(28-31-59(53)70)46-22-14-16-42(2)36-46/h3-40H,1-2H3. The predicted molar refractivity (Wildman–Crippen MR) is 288 cm³/mol. The molecule has 0 radical (unpaired) electrons. The van der Waals surface area contributed by atoms with Gasteiger partial charge >= 0.3 is 0 Å². The van der Waals surface area contributed by atoms with Crippen molar-refractivity contribution < 1.29 is 0 Å². The summed E-state index contributed by atoms with van der Waals surface area (Å²) in [6.45, 7) is 4.30. The van der Waals surface area contributed by atoms with Gasteiger partial charge in [0.05, 0.1) is 33.4 Å². The molecule has 0 saturated heterocycles. The Morgan fingerprint density at radius 2 is 0.729 bits per heavy atom. The van der Waals surface area contributed by atoms with Gasteiger partial charge in [-0.05, 0) is 96.8 Å². The SMILES string of the molecule is Cc1cccc(-c2ccc3c(c2)c2ccccc2n3-c2ccncc2-c2cc(-c3nc(-c4ccccc4)nc(-c4ccccc4)n3)ccc2-n2c3ccccc3c3cc(-c4cccc(C)c4)ccc32)c1. The second-order valence-electron chi connectivity index (χ2n) is 18.1. The second kappa shape index (κ2) is 16.8. The molecule has 13 aromatic rings. The van der Waals surface area contributed by atoms with Gasteiger partial charge in [0.15, 0.2) is 17.5 Å². The minimum Gasteiger partial charge on any atom is -0.309 e. The van der Waals surface area contributed by atoms with Gasteiger partial charge in [-0.1, -0.05) is 169 Å². The van der Waals surface area contributed by atoms with E-state index in [9.17, 15) is 0 Å². The van der Waals surface area contributed by atoms with Gasteiger partial charge in [-0.3, -0.25) is 4.98 Å². The Morgan fingerprint density at radius 3 is 1.26 bits per heavy atom. The molecule has 0 aliphatic rings. The number of aryl methyl sites for hydroxylation is 2. The van der Waals surface area contributed by atoms with Crippen molar-refractivity contribution in [1.29, 1.82) is 0 Å². The Labute approximate surface area is 405 Å². The Bertz CT molecular complexity index is 4090. The highest BCUT2D eigenvalue weighted by Gasteiger charge is 2.23. The highest BCUT2D eigenvalue weighted by atomic mass is 15.0. The number of pyridine rings is 1. The summed E-state index contributed by atoms with van der Waals surface area (Å²) in [5.74, 6) is 1.80. The fraction of sp³-hybridized carbons (Fsp3) is 0.0312. The molecule has 0 N–H and O–H groups in total. The predicted octanol–water partition coefficient (Wildman–Crippen LogP) is 16.1. The number of hydrogen-bond donors (Lipinski definition) is 0. The van der Waals surface area contributed by atoms with E-state index in [0.29, 0.717) is 17.5 Å². The maximum Gasteiger partial charge on any atom is 0.164 e. The highest BCUT2D eigenvalue weighted by molar-refractivity contribution is 6.13. The molecule has 330 valence electrons. The average Bonchev–Trinajstić information content (AvgIpc) is 3.93. The molecule has 9 aromatic carbocycles. The third-order valence-corrected chi connectivity index (χ3v) is 13.6. The van der Waals surface area contributed by atoms with E-state index in [1.165, 1.54) is 54.9 Å². The van der Waals surface area contributed by atoms with Gasteiger partial charge < -0.3 is 9.13 Å². The van der Waals surface area contributed by atoms with Gasteiger partial charge in [-0.25, -0.2) is 15.0 Å². The molecule has 13 rings (SSSR count). The number of fused-ring (bicyclic) bond motifs is 6. The van der Waals surface area contributed by atoms with Crippen LogP contribution in [-0.2, 0) is 0 Å². The molecule has 0 saturated carbocycles. The molecule has 4 aromatic heterocycles. The monoisotopic (exact) mass is 896 g/mol. The lowest BCUT2D eigenvalue weighted by molar-refractivity contribution is 1.07. The van der Waals surface area contributed by atoms with E-state index >= 15 is 0 Å². The maximum absolute atomic E-state index is 5.21. The molecule has 0 fully saturated rings. The fourth-order valence-electron chi connectivity index (χ4n) is 10.3. The lowest BCUT2D eigenvalue weighted by atomic mass is 9.99. The van der Waals surface area contributed by atoms with Crippen molar-refractivity contribution in [3.63, 3.8) is 0 Å². The van der Waals surface area contributed by atoms with Gasteiger partial charge in [-0.15, -0.1) is 0 Å². The molecule has 4 heterocycles. The van der Waals surface area contributed by atoms with Gasteiger partial charge in [0.2, 0.25) is 0 Å². The molecular weight excluding hydrogens is 853 g/mol. The van der Waals surface area contributed by atoms with Gasteiger partial charge in [-0.2, -0.15) is 0 Å². The van der Waals surface area contributed by atoms with E-state index in [-0.39, 0.29) is 0 Å². The average molecular weight is 897 g/mol. The molecule has 70 heavy (non-hydrogen) atoms. The van der Waals surface area contributed by atoms with Crippen LogP contribution in [0.3, 0.4) is 0 Å². The zero-order chi connectivity index (χ0) is 46.7. The zero-order valence-electron chi connectivity index (χ0n) is 38.6. The first kappa shape index (κ1) is 41.0. The Hall–Kier alpha value is -9.26. The molecule has 0 spiro atoms. The van der Waals surface area contributed by atoms with Crippen molar-refractivity contribution in [2.24, 2.45) is 0 Å². The van der Waals surface area contributed by atoms with Crippen molar-refractivity contribution >= 4 is 43.6 Å². The molecule has 0 bridgehead atoms. The van der Waals surface area contributed by atoms with Crippen molar-refractivity contribution in [1.82, 2.24) is 29.1 Å². The summed E-state index contributed by atoms with van der Waals surface area (Å²) in [6, 6.07) is 77.7. The van der Waals surface area contributed by atoms with Crippen molar-refractivity contribution in [2.75, 3.05) is 0 Å². The third kappa shape index (κ3) is 7.04. The molecule has 0 aliphatic heterocycles. The van der Waals surface area contributed by atoms with E-state index in [2.05, 4.69) is 181 Å². The number of rotatable bonds is 8. The lowest BCUT2D eigenvalue weighted by Gasteiger charge is -2.19.